The molecule has 13 heavy (non-hydrogen) atoms. The maximum Gasteiger partial charge on any atom is 0.252 e. The standard InChI is InChI=1S/C8H12N2OS2/c1-13-4-6-7(11)10(5-2-3-5)8(12)9-6/h5-6H,2-4H2,1H3,(H,9,12). The monoisotopic (exact) mass is 216 g/mol. The summed E-state index contributed by atoms with van der Waals surface area (Å²) in [5, 5.41) is 3.69. The highest BCUT2D eigenvalue weighted by Gasteiger charge is 2.43. The smallest absolute Gasteiger partial charge is 0.252 e. The molecule has 1 atom stereocenters. The van der Waals surface area contributed by atoms with E-state index in [1.807, 2.05) is 6.26 Å². The van der Waals surface area contributed by atoms with Crippen molar-refractivity contribution < 1.29 is 4.79 Å². The van der Waals surface area contributed by atoms with Gasteiger partial charge in [0.1, 0.15) is 6.04 Å². The lowest BCUT2D eigenvalue weighted by molar-refractivity contribution is -0.126. The number of carbonyl (C=O) groups excluding carboxylic acids is 1. The molecule has 2 rings (SSSR count). The molecule has 1 N–H and O–H groups in total. The van der Waals surface area contributed by atoms with Crippen molar-refractivity contribution in [1.29, 1.82) is 0 Å². The van der Waals surface area contributed by atoms with Crippen LogP contribution in [0.2, 0.25) is 0 Å². The van der Waals surface area contributed by atoms with Crippen molar-refractivity contribution in [3.8, 4) is 0 Å². The molecule has 1 saturated carbocycles. The van der Waals surface area contributed by atoms with E-state index in [1.165, 1.54) is 0 Å². The molecule has 1 heterocycles. The first kappa shape index (κ1) is 9.27. The highest BCUT2D eigenvalue weighted by molar-refractivity contribution is 7.98. The number of carbonyl (C=O) groups is 1. The van der Waals surface area contributed by atoms with Crippen LogP contribution < -0.4 is 5.32 Å². The number of amides is 1. The molecule has 1 aliphatic carbocycles. The van der Waals surface area contributed by atoms with E-state index in [9.17, 15) is 4.79 Å². The molecule has 0 bridgehead atoms. The van der Waals surface area contributed by atoms with Gasteiger partial charge in [-0.05, 0) is 31.3 Å². The Bertz CT molecular complexity index is 253. The zero-order chi connectivity index (χ0) is 9.42. The molecular formula is C8H12N2OS2. The van der Waals surface area contributed by atoms with Gasteiger partial charge in [-0.15, -0.1) is 0 Å². The fourth-order valence-corrected chi connectivity index (χ4v) is 2.45. The van der Waals surface area contributed by atoms with Gasteiger partial charge in [0.25, 0.3) is 5.91 Å². The topological polar surface area (TPSA) is 32.3 Å². The lowest BCUT2D eigenvalue weighted by atomic mass is 10.3. The summed E-state index contributed by atoms with van der Waals surface area (Å²) in [6.45, 7) is 0. The van der Waals surface area contributed by atoms with Crippen molar-refractivity contribution in [1.82, 2.24) is 10.2 Å². The Balaban J connectivity index is 2.05. The highest BCUT2D eigenvalue weighted by atomic mass is 32.2. The number of hydrogen-bond donors (Lipinski definition) is 1. The van der Waals surface area contributed by atoms with E-state index in [-0.39, 0.29) is 11.9 Å². The number of hydrogen-bond acceptors (Lipinski definition) is 3. The maximum atomic E-state index is 11.7. The molecule has 1 aliphatic heterocycles. The summed E-state index contributed by atoms with van der Waals surface area (Å²) in [4.78, 5) is 13.5. The van der Waals surface area contributed by atoms with E-state index in [1.54, 1.807) is 16.7 Å². The first-order valence-corrected chi connectivity index (χ1v) is 6.16. The Labute approximate surface area is 87.2 Å². The van der Waals surface area contributed by atoms with Crippen LogP contribution in [0.5, 0.6) is 0 Å². The number of nitrogens with one attached hydrogen (secondary N) is 1. The second kappa shape index (κ2) is 3.46. The molecule has 0 aromatic rings. The lowest BCUT2D eigenvalue weighted by Crippen LogP contribution is -2.33. The summed E-state index contributed by atoms with van der Waals surface area (Å²) >= 11 is 6.78. The number of thiocarbonyl (C=S) groups is 1. The molecule has 3 nitrogen and oxygen atoms in total. The first-order valence-electron chi connectivity index (χ1n) is 4.36. The summed E-state index contributed by atoms with van der Waals surface area (Å²) in [6, 6.07) is 0.322. The Kier molecular flexibility index (Phi) is 2.47. The molecule has 1 saturated heterocycles. The van der Waals surface area contributed by atoms with E-state index >= 15 is 0 Å². The number of rotatable bonds is 3. The molecule has 72 valence electrons. The molecule has 1 unspecified atom stereocenters. The van der Waals surface area contributed by atoms with E-state index < -0.39 is 0 Å². The second-order valence-corrected chi connectivity index (χ2v) is 4.69. The predicted molar refractivity (Wildman–Crippen MR) is 57.8 cm³/mol. The zero-order valence-corrected chi connectivity index (χ0v) is 9.08. The lowest BCUT2D eigenvalue weighted by Gasteiger charge is -2.12. The Morgan fingerprint density at radius 2 is 2.38 bits per heavy atom. The van der Waals surface area contributed by atoms with Crippen molar-refractivity contribution >= 4 is 35.0 Å². The molecule has 2 fully saturated rings. The average Bonchev–Trinajstić information content (AvgIpc) is 2.84. The van der Waals surface area contributed by atoms with Crippen LogP contribution in [0.25, 0.3) is 0 Å². The minimum absolute atomic E-state index is 0.0805. The molecule has 5 heteroatoms. The zero-order valence-electron chi connectivity index (χ0n) is 7.45. The van der Waals surface area contributed by atoms with Crippen molar-refractivity contribution in [2.45, 2.75) is 24.9 Å². The van der Waals surface area contributed by atoms with Crippen LogP contribution in [-0.4, -0.2) is 40.0 Å². The Morgan fingerprint density at radius 1 is 1.69 bits per heavy atom. The summed E-state index contributed by atoms with van der Waals surface area (Å²) in [6.07, 6.45) is 4.22. The predicted octanol–water partition coefficient (Wildman–Crippen LogP) is 0.597. The fraction of sp³-hybridized carbons (Fsp3) is 0.750. The Hall–Kier alpha value is -0.290. The van der Waals surface area contributed by atoms with Gasteiger partial charge in [-0.2, -0.15) is 11.8 Å². The summed E-state index contributed by atoms with van der Waals surface area (Å²) in [5.41, 5.74) is 0. The quantitative estimate of drug-likeness (QED) is 0.700. The first-order chi connectivity index (χ1) is 6.24. The van der Waals surface area contributed by atoms with Crippen LogP contribution in [0.15, 0.2) is 0 Å². The van der Waals surface area contributed by atoms with E-state index in [4.69, 9.17) is 12.2 Å². The third-order valence-electron chi connectivity index (χ3n) is 2.30. The van der Waals surface area contributed by atoms with Gasteiger partial charge in [0.05, 0.1) is 0 Å². The van der Waals surface area contributed by atoms with E-state index in [0.29, 0.717) is 11.2 Å². The van der Waals surface area contributed by atoms with Crippen molar-refractivity contribution in [2.24, 2.45) is 0 Å². The molecule has 0 aromatic carbocycles. The van der Waals surface area contributed by atoms with Crippen molar-refractivity contribution in [2.75, 3.05) is 12.0 Å². The van der Waals surface area contributed by atoms with E-state index in [2.05, 4.69) is 5.32 Å². The summed E-state index contributed by atoms with van der Waals surface area (Å²) < 4.78 is 0. The van der Waals surface area contributed by atoms with Gasteiger partial charge < -0.3 is 5.32 Å². The van der Waals surface area contributed by atoms with Crippen LogP contribution >= 0.6 is 24.0 Å². The van der Waals surface area contributed by atoms with Crippen molar-refractivity contribution in [3.05, 3.63) is 0 Å². The van der Waals surface area contributed by atoms with E-state index in [0.717, 1.165) is 18.6 Å². The number of thioether (sulfide) groups is 1. The SMILES string of the molecule is CSCC1NC(=S)N(C2CC2)C1=O. The van der Waals surface area contributed by atoms with Gasteiger partial charge in [0.15, 0.2) is 5.11 Å². The van der Waals surface area contributed by atoms with Crippen LogP contribution in [0.3, 0.4) is 0 Å². The van der Waals surface area contributed by atoms with Crippen LogP contribution in [-0.2, 0) is 4.79 Å². The van der Waals surface area contributed by atoms with Gasteiger partial charge in [-0.1, -0.05) is 0 Å². The third-order valence-corrected chi connectivity index (χ3v) is 3.28. The largest absolute Gasteiger partial charge is 0.350 e. The molecule has 0 radical (unpaired) electrons. The van der Waals surface area contributed by atoms with Gasteiger partial charge in [-0.3, -0.25) is 9.69 Å². The van der Waals surface area contributed by atoms with Gasteiger partial charge in [-0.25, -0.2) is 0 Å². The molecule has 0 spiro atoms. The van der Waals surface area contributed by atoms with Gasteiger partial charge in [0.2, 0.25) is 0 Å². The molecule has 1 amide bonds. The fourth-order valence-electron chi connectivity index (χ4n) is 1.51. The second-order valence-electron chi connectivity index (χ2n) is 3.40. The minimum atomic E-state index is -0.0805. The average molecular weight is 216 g/mol. The summed E-state index contributed by atoms with van der Waals surface area (Å²) in [5.74, 6) is 0.976. The molecule has 0 aromatic heterocycles. The van der Waals surface area contributed by atoms with Crippen LogP contribution in [0.4, 0.5) is 0 Å². The van der Waals surface area contributed by atoms with Crippen molar-refractivity contribution in [3.63, 3.8) is 0 Å². The summed E-state index contributed by atoms with van der Waals surface area (Å²) in [7, 11) is 0. The molecule has 2 aliphatic rings. The Morgan fingerprint density at radius 3 is 2.92 bits per heavy atom. The van der Waals surface area contributed by atoms with Crippen LogP contribution in [0, 0.1) is 0 Å². The maximum absolute atomic E-state index is 11.7. The van der Waals surface area contributed by atoms with Gasteiger partial charge >= 0.3 is 0 Å². The normalized spacial score (nSPS) is 28.1. The third kappa shape index (κ3) is 1.67. The van der Waals surface area contributed by atoms with Crippen LogP contribution in [0.1, 0.15) is 12.8 Å². The minimum Gasteiger partial charge on any atom is -0.350 e. The van der Waals surface area contributed by atoms with Gasteiger partial charge in [0, 0.05) is 11.8 Å². The highest BCUT2D eigenvalue weighted by Crippen LogP contribution is 2.29. The number of nitrogens with zero attached hydrogens (tertiary/aromatic N) is 1. The molecular weight excluding hydrogens is 204 g/mol.